The summed E-state index contributed by atoms with van der Waals surface area (Å²) in [6, 6.07) is 23.5. The Labute approximate surface area is 341 Å². The first kappa shape index (κ1) is 46.8. The van der Waals surface area contributed by atoms with Gasteiger partial charge in [-0.3, -0.25) is 0 Å². The van der Waals surface area contributed by atoms with Gasteiger partial charge in [-0.05, 0) is 81.2 Å². The summed E-state index contributed by atoms with van der Waals surface area (Å²) in [4.78, 5) is 0. The molecule has 3 aromatic rings. The summed E-state index contributed by atoms with van der Waals surface area (Å²) in [6.45, 7) is 28.6. The van der Waals surface area contributed by atoms with Crippen molar-refractivity contribution in [1.29, 1.82) is 0 Å². The number of rotatable bonds is 10. The molecule has 0 bridgehead atoms. The molecule has 1 atom stereocenters. The molecule has 0 spiro atoms. The van der Waals surface area contributed by atoms with Crippen LogP contribution in [0, 0.1) is 11.5 Å². The van der Waals surface area contributed by atoms with E-state index < -0.39 is 8.07 Å². The summed E-state index contributed by atoms with van der Waals surface area (Å²) in [6.07, 6.45) is 10.9. The SMILES string of the molecule is CC(C)c1cc(C(C)C)cc([Si](c2cc(C(C)C)cc(C(C)C)c2)(c2cc(C(C)C)cc(C(C)C)c2)[C-]2CCC3CC=CC=C23)c1.[Cl-].[Cl-].[Cl-].[Ti+4]. The minimum absolute atomic E-state index is 0. The Morgan fingerprint density at radius 1 is 0.500 bits per heavy atom. The van der Waals surface area contributed by atoms with Crippen molar-refractivity contribution >= 4 is 23.6 Å². The van der Waals surface area contributed by atoms with Crippen molar-refractivity contribution in [1.82, 2.24) is 0 Å². The van der Waals surface area contributed by atoms with E-state index in [1.165, 1.54) is 52.6 Å². The van der Waals surface area contributed by atoms with Gasteiger partial charge >= 0.3 is 21.7 Å². The molecule has 0 aliphatic heterocycles. The minimum atomic E-state index is -2.75. The molecular weight excluding hydrogens is 723 g/mol. The predicted octanol–water partition coefficient (Wildman–Crippen LogP) is 2.32. The second-order valence-corrected chi connectivity index (χ2v) is 20.2. The standard InChI is InChI=1S/C45H61Si.3ClH.Ti/c1-28(2)35-19-36(29(3)4)23-41(22-35)46(45-18-17-34-15-13-14-16-44(34)45,42-24-37(30(5)6)20-38(25-42)31(7)8)43-26-39(32(9)10)21-40(27-43)33(11)12;;;;/h13-14,16,19-34H,15,17-18H2,1-12H3;3*1H;/q-1;;;;+4/p-3. The molecule has 0 nitrogen and oxygen atoms in total. The molecule has 50 heavy (non-hydrogen) atoms. The summed E-state index contributed by atoms with van der Waals surface area (Å²) in [5.74, 6) is 3.49. The van der Waals surface area contributed by atoms with Gasteiger partial charge in [0.2, 0.25) is 0 Å². The molecule has 1 unspecified atom stereocenters. The van der Waals surface area contributed by atoms with E-state index in [-0.39, 0.29) is 58.9 Å². The summed E-state index contributed by atoms with van der Waals surface area (Å²) in [5, 5.41) is 4.79. The number of hydrogen-bond donors (Lipinski definition) is 0. The van der Waals surface area contributed by atoms with Gasteiger partial charge in [0.25, 0.3) is 0 Å². The van der Waals surface area contributed by atoms with Crippen molar-refractivity contribution in [3.05, 3.63) is 117 Å². The number of benzene rings is 3. The monoisotopic (exact) mass is 782 g/mol. The van der Waals surface area contributed by atoms with E-state index in [1.54, 1.807) is 26.7 Å². The summed E-state index contributed by atoms with van der Waals surface area (Å²) in [7, 11) is -2.75. The van der Waals surface area contributed by atoms with Crippen molar-refractivity contribution < 1.29 is 58.9 Å². The maximum absolute atomic E-state index is 2.75. The smallest absolute Gasteiger partial charge is 1.00 e. The molecule has 0 N–H and O–H groups in total. The molecule has 2 aliphatic rings. The van der Waals surface area contributed by atoms with Gasteiger partial charge in [0.05, 0.1) is 8.07 Å². The number of halogens is 3. The minimum Gasteiger partial charge on any atom is -1.00 e. The van der Waals surface area contributed by atoms with Gasteiger partial charge in [0, 0.05) is 0 Å². The molecule has 3 aromatic carbocycles. The van der Waals surface area contributed by atoms with Crippen molar-refractivity contribution in [2.45, 2.75) is 138 Å². The van der Waals surface area contributed by atoms with Crippen LogP contribution in [0.15, 0.2) is 78.4 Å². The van der Waals surface area contributed by atoms with E-state index in [2.05, 4.69) is 156 Å². The van der Waals surface area contributed by atoms with E-state index in [9.17, 15) is 0 Å². The van der Waals surface area contributed by atoms with Crippen molar-refractivity contribution in [3.63, 3.8) is 0 Å². The second-order valence-electron chi connectivity index (χ2n) is 16.3. The van der Waals surface area contributed by atoms with Gasteiger partial charge in [0.15, 0.2) is 0 Å². The zero-order chi connectivity index (χ0) is 33.5. The number of allylic oxidation sites excluding steroid dienone is 4. The van der Waals surface area contributed by atoms with Crippen LogP contribution < -0.4 is 52.8 Å². The molecule has 2 aliphatic carbocycles. The van der Waals surface area contributed by atoms with E-state index in [0.29, 0.717) is 41.4 Å². The molecule has 5 rings (SSSR count). The van der Waals surface area contributed by atoms with E-state index in [0.717, 1.165) is 0 Å². The van der Waals surface area contributed by atoms with E-state index >= 15 is 0 Å². The molecule has 1 fully saturated rings. The quantitative estimate of drug-likeness (QED) is 0.169. The second kappa shape index (κ2) is 19.2. The van der Waals surface area contributed by atoms with Crippen LogP contribution in [0.25, 0.3) is 0 Å². The van der Waals surface area contributed by atoms with E-state index in [4.69, 9.17) is 0 Å². The zero-order valence-electron chi connectivity index (χ0n) is 32.7. The Morgan fingerprint density at radius 3 is 1.08 bits per heavy atom. The molecule has 0 heterocycles. The average Bonchev–Trinajstić information content (AvgIpc) is 3.45. The van der Waals surface area contributed by atoms with Gasteiger partial charge in [-0.25, -0.2) is 17.2 Å². The fourth-order valence-electron chi connectivity index (χ4n) is 7.87. The van der Waals surface area contributed by atoms with E-state index in [1.807, 2.05) is 0 Å². The third kappa shape index (κ3) is 9.29. The van der Waals surface area contributed by atoms with Crippen LogP contribution in [0.5, 0.6) is 0 Å². The number of fused-ring (bicyclic) bond motifs is 1. The third-order valence-electron chi connectivity index (χ3n) is 11.0. The van der Waals surface area contributed by atoms with Crippen LogP contribution >= 0.6 is 0 Å². The van der Waals surface area contributed by atoms with Crippen LogP contribution in [0.3, 0.4) is 0 Å². The molecular formula is C45H61Cl3SiTi. The van der Waals surface area contributed by atoms with Gasteiger partial charge < -0.3 is 37.2 Å². The fraction of sp³-hybridized carbons (Fsp3) is 0.489. The van der Waals surface area contributed by atoms with Crippen molar-refractivity contribution in [2.75, 3.05) is 0 Å². The maximum Gasteiger partial charge on any atom is 4.00 e. The van der Waals surface area contributed by atoms with Crippen molar-refractivity contribution in [2.24, 2.45) is 5.92 Å². The Bertz CT molecular complexity index is 1380. The van der Waals surface area contributed by atoms with Crippen LogP contribution in [0.2, 0.25) is 0 Å². The van der Waals surface area contributed by atoms with Crippen LogP contribution in [0.1, 0.15) is 171 Å². The Morgan fingerprint density at radius 2 is 0.800 bits per heavy atom. The van der Waals surface area contributed by atoms with Gasteiger partial charge in [-0.1, -0.05) is 166 Å². The molecule has 0 aromatic heterocycles. The summed E-state index contributed by atoms with van der Waals surface area (Å²) >= 11 is 0. The first-order valence-corrected chi connectivity index (χ1v) is 20.4. The maximum atomic E-state index is 2.66. The molecule has 0 saturated heterocycles. The molecule has 1 saturated carbocycles. The summed E-state index contributed by atoms with van der Waals surface area (Å²) in [5.41, 5.74) is 12.3. The first-order valence-electron chi connectivity index (χ1n) is 18.4. The normalized spacial score (nSPS) is 15.6. The van der Waals surface area contributed by atoms with Gasteiger partial charge in [0.1, 0.15) is 0 Å². The molecule has 0 amide bonds. The predicted molar refractivity (Wildman–Crippen MR) is 206 cm³/mol. The third-order valence-corrected chi connectivity index (χ3v) is 16.0. The van der Waals surface area contributed by atoms with Gasteiger partial charge in [-0.2, -0.15) is 0 Å². The zero-order valence-corrected chi connectivity index (χ0v) is 37.6. The van der Waals surface area contributed by atoms with Crippen LogP contribution in [0.4, 0.5) is 0 Å². The van der Waals surface area contributed by atoms with Gasteiger partial charge in [-0.15, -0.1) is 12.2 Å². The van der Waals surface area contributed by atoms with Crippen LogP contribution in [-0.2, 0) is 21.7 Å². The molecule has 270 valence electrons. The number of hydrogen-bond acceptors (Lipinski definition) is 0. The van der Waals surface area contributed by atoms with Crippen molar-refractivity contribution in [3.8, 4) is 0 Å². The topological polar surface area (TPSA) is 0 Å². The van der Waals surface area contributed by atoms with Crippen LogP contribution in [-0.4, -0.2) is 8.07 Å². The Kier molecular flexibility index (Phi) is 18.0. The average molecular weight is 784 g/mol. The largest absolute Gasteiger partial charge is 4.00 e. The molecule has 0 radical (unpaired) electrons. The Balaban J connectivity index is 0.00000312. The first-order chi connectivity index (χ1) is 21.7. The molecule has 5 heteroatoms. The summed E-state index contributed by atoms with van der Waals surface area (Å²) < 4.78 is 0. The fourth-order valence-corrected chi connectivity index (χ4v) is 13.5. The Hall–Kier alpha value is -1.19.